The number of hydrogen-bond acceptors (Lipinski definition) is 2. The normalized spacial score (nSPS) is 18.9. The molecule has 0 unspecified atom stereocenters. The molecule has 1 fully saturated rings. The van der Waals surface area contributed by atoms with Gasteiger partial charge in [-0.25, -0.2) is 0 Å². The zero-order valence-electron chi connectivity index (χ0n) is 11.3. The van der Waals surface area contributed by atoms with Gasteiger partial charge in [0.1, 0.15) is 0 Å². The molecule has 1 aliphatic rings. The quantitative estimate of drug-likeness (QED) is 0.662. The van der Waals surface area contributed by atoms with E-state index >= 15 is 0 Å². The first-order valence-electron chi connectivity index (χ1n) is 6.77. The van der Waals surface area contributed by atoms with Crippen LogP contribution in [0.2, 0.25) is 0 Å². The molecule has 0 radical (unpaired) electrons. The highest BCUT2D eigenvalue weighted by Crippen LogP contribution is 2.42. The van der Waals surface area contributed by atoms with Crippen molar-refractivity contribution < 1.29 is 9.47 Å². The molecule has 16 heavy (non-hydrogen) atoms. The highest BCUT2D eigenvalue weighted by Gasteiger charge is 2.38. The monoisotopic (exact) mass is 228 g/mol. The summed E-state index contributed by atoms with van der Waals surface area (Å²) in [4.78, 5) is 0. The Kier molecular flexibility index (Phi) is 6.37. The Labute approximate surface area is 101 Å². The van der Waals surface area contributed by atoms with E-state index < -0.39 is 0 Å². The molecular formula is C14H28O2. The summed E-state index contributed by atoms with van der Waals surface area (Å²) in [7, 11) is 3.64. The third kappa shape index (κ3) is 3.46. The predicted molar refractivity (Wildman–Crippen MR) is 67.7 cm³/mol. The molecule has 0 aliphatic heterocycles. The van der Waals surface area contributed by atoms with Gasteiger partial charge in [-0.1, -0.05) is 32.6 Å². The second-order valence-electron chi connectivity index (χ2n) is 5.31. The first kappa shape index (κ1) is 14.0. The molecule has 2 nitrogen and oxygen atoms in total. The van der Waals surface area contributed by atoms with E-state index in [1.165, 1.54) is 44.9 Å². The van der Waals surface area contributed by atoms with Crippen LogP contribution in [0.15, 0.2) is 0 Å². The lowest BCUT2D eigenvalue weighted by atomic mass is 9.67. The van der Waals surface area contributed by atoms with Crippen molar-refractivity contribution in [2.45, 2.75) is 51.9 Å². The Hall–Kier alpha value is -0.0800. The lowest BCUT2D eigenvalue weighted by molar-refractivity contribution is -0.0467. The molecule has 0 amide bonds. The highest BCUT2D eigenvalue weighted by atomic mass is 16.5. The standard InChI is InChI=1S/C14H28O2/c1-4-10-14(11-15-2,12-16-3)13-8-6-5-7-9-13/h13H,4-12H2,1-3H3. The summed E-state index contributed by atoms with van der Waals surface area (Å²) in [5.41, 5.74) is 0.276. The summed E-state index contributed by atoms with van der Waals surface area (Å²) in [6.07, 6.45) is 9.40. The van der Waals surface area contributed by atoms with Crippen LogP contribution in [0.25, 0.3) is 0 Å². The molecule has 0 aromatic heterocycles. The van der Waals surface area contributed by atoms with Gasteiger partial charge in [0.25, 0.3) is 0 Å². The van der Waals surface area contributed by atoms with Crippen molar-refractivity contribution in [1.29, 1.82) is 0 Å². The summed E-state index contributed by atoms with van der Waals surface area (Å²) in [5.74, 6) is 0.807. The fourth-order valence-electron chi connectivity index (χ4n) is 3.41. The lowest BCUT2D eigenvalue weighted by Gasteiger charge is -2.42. The minimum absolute atomic E-state index is 0.276. The van der Waals surface area contributed by atoms with Crippen molar-refractivity contribution >= 4 is 0 Å². The van der Waals surface area contributed by atoms with E-state index in [0.29, 0.717) is 0 Å². The van der Waals surface area contributed by atoms with Crippen molar-refractivity contribution in [3.05, 3.63) is 0 Å². The molecule has 0 saturated heterocycles. The molecule has 1 saturated carbocycles. The second-order valence-corrected chi connectivity index (χ2v) is 5.31. The summed E-state index contributed by atoms with van der Waals surface area (Å²) < 4.78 is 11.0. The van der Waals surface area contributed by atoms with Crippen LogP contribution in [0.1, 0.15) is 51.9 Å². The third-order valence-corrected chi connectivity index (χ3v) is 4.08. The maximum atomic E-state index is 5.49. The molecule has 1 rings (SSSR count). The molecule has 0 aromatic rings. The molecule has 0 spiro atoms. The van der Waals surface area contributed by atoms with Crippen LogP contribution < -0.4 is 0 Å². The van der Waals surface area contributed by atoms with Gasteiger partial charge in [0.15, 0.2) is 0 Å². The van der Waals surface area contributed by atoms with Gasteiger partial charge in [0.2, 0.25) is 0 Å². The summed E-state index contributed by atoms with van der Waals surface area (Å²) in [6, 6.07) is 0. The van der Waals surface area contributed by atoms with E-state index in [1.54, 1.807) is 0 Å². The zero-order chi connectivity index (χ0) is 11.9. The Morgan fingerprint density at radius 1 is 1.00 bits per heavy atom. The Morgan fingerprint density at radius 3 is 2.00 bits per heavy atom. The van der Waals surface area contributed by atoms with Crippen LogP contribution in [0.3, 0.4) is 0 Å². The molecule has 2 heteroatoms. The molecule has 0 aromatic carbocycles. The Bertz CT molecular complexity index is 157. The molecule has 0 bridgehead atoms. The zero-order valence-corrected chi connectivity index (χ0v) is 11.3. The van der Waals surface area contributed by atoms with Crippen LogP contribution in [0.5, 0.6) is 0 Å². The van der Waals surface area contributed by atoms with Gasteiger partial charge in [0, 0.05) is 19.6 Å². The molecule has 0 heterocycles. The maximum Gasteiger partial charge on any atom is 0.0543 e. The number of rotatable bonds is 7. The van der Waals surface area contributed by atoms with E-state index in [9.17, 15) is 0 Å². The summed E-state index contributed by atoms with van der Waals surface area (Å²) in [5, 5.41) is 0. The van der Waals surface area contributed by atoms with E-state index in [0.717, 1.165) is 19.1 Å². The Morgan fingerprint density at radius 2 is 1.56 bits per heavy atom. The average Bonchev–Trinajstić information content (AvgIpc) is 2.31. The van der Waals surface area contributed by atoms with E-state index in [4.69, 9.17) is 9.47 Å². The lowest BCUT2D eigenvalue weighted by Crippen LogP contribution is -2.40. The van der Waals surface area contributed by atoms with Gasteiger partial charge in [-0.15, -0.1) is 0 Å². The van der Waals surface area contributed by atoms with Crippen molar-refractivity contribution in [2.24, 2.45) is 11.3 Å². The van der Waals surface area contributed by atoms with Crippen LogP contribution in [-0.4, -0.2) is 27.4 Å². The summed E-state index contributed by atoms with van der Waals surface area (Å²) in [6.45, 7) is 3.99. The largest absolute Gasteiger partial charge is 0.384 e. The molecule has 0 atom stereocenters. The van der Waals surface area contributed by atoms with Crippen LogP contribution in [0.4, 0.5) is 0 Å². The van der Waals surface area contributed by atoms with Crippen molar-refractivity contribution in [1.82, 2.24) is 0 Å². The van der Waals surface area contributed by atoms with E-state index in [1.807, 2.05) is 14.2 Å². The van der Waals surface area contributed by atoms with Crippen molar-refractivity contribution in [3.8, 4) is 0 Å². The highest BCUT2D eigenvalue weighted by molar-refractivity contribution is 4.88. The van der Waals surface area contributed by atoms with Gasteiger partial charge < -0.3 is 9.47 Å². The van der Waals surface area contributed by atoms with Gasteiger partial charge in [-0.2, -0.15) is 0 Å². The molecule has 96 valence electrons. The number of ether oxygens (including phenoxy) is 2. The van der Waals surface area contributed by atoms with Gasteiger partial charge in [0.05, 0.1) is 13.2 Å². The fourth-order valence-corrected chi connectivity index (χ4v) is 3.41. The van der Waals surface area contributed by atoms with E-state index in [-0.39, 0.29) is 5.41 Å². The van der Waals surface area contributed by atoms with Gasteiger partial charge in [-0.05, 0) is 25.2 Å². The average molecular weight is 228 g/mol. The summed E-state index contributed by atoms with van der Waals surface area (Å²) >= 11 is 0. The molecular weight excluding hydrogens is 200 g/mol. The first-order valence-corrected chi connectivity index (χ1v) is 6.77. The Balaban J connectivity index is 2.70. The predicted octanol–water partition coefficient (Wildman–Crippen LogP) is 3.65. The second kappa shape index (κ2) is 7.29. The van der Waals surface area contributed by atoms with Crippen LogP contribution in [-0.2, 0) is 9.47 Å². The van der Waals surface area contributed by atoms with Crippen LogP contribution in [0, 0.1) is 11.3 Å². The smallest absolute Gasteiger partial charge is 0.0543 e. The molecule has 1 aliphatic carbocycles. The first-order chi connectivity index (χ1) is 7.79. The van der Waals surface area contributed by atoms with Crippen molar-refractivity contribution in [2.75, 3.05) is 27.4 Å². The fraction of sp³-hybridized carbons (Fsp3) is 1.00. The SMILES string of the molecule is CCCC(COC)(COC)C1CCCCC1. The van der Waals surface area contributed by atoms with E-state index in [2.05, 4.69) is 6.92 Å². The van der Waals surface area contributed by atoms with Gasteiger partial charge in [-0.3, -0.25) is 0 Å². The van der Waals surface area contributed by atoms with Crippen LogP contribution >= 0.6 is 0 Å². The third-order valence-electron chi connectivity index (χ3n) is 4.08. The number of hydrogen-bond donors (Lipinski definition) is 0. The minimum Gasteiger partial charge on any atom is -0.384 e. The van der Waals surface area contributed by atoms with Crippen molar-refractivity contribution in [3.63, 3.8) is 0 Å². The maximum absolute atomic E-state index is 5.49. The van der Waals surface area contributed by atoms with Gasteiger partial charge >= 0.3 is 0 Å². The topological polar surface area (TPSA) is 18.5 Å². The number of methoxy groups -OCH3 is 2. The minimum atomic E-state index is 0.276. The molecule has 0 N–H and O–H groups in total.